The van der Waals surface area contributed by atoms with Crippen molar-refractivity contribution in [1.29, 1.82) is 10.5 Å². The van der Waals surface area contributed by atoms with E-state index in [-0.39, 0.29) is 38.7 Å². The number of pyridine rings is 1. The highest BCUT2D eigenvalue weighted by Crippen LogP contribution is 2.37. The van der Waals surface area contributed by atoms with Gasteiger partial charge in [0.15, 0.2) is 0 Å². The first kappa shape index (κ1) is 30.0. The van der Waals surface area contributed by atoms with Crippen molar-refractivity contribution in [3.8, 4) is 23.3 Å². The monoisotopic (exact) mass is 598 g/mol. The van der Waals surface area contributed by atoms with Crippen molar-refractivity contribution in [2.45, 2.75) is 42.4 Å². The molecule has 2 aromatic heterocycles. The molecule has 1 atom stereocenters. The van der Waals surface area contributed by atoms with Crippen molar-refractivity contribution >= 4 is 45.1 Å². The number of aryl methyl sites for hydroxylation is 2. The third kappa shape index (κ3) is 6.66. The average Bonchev–Trinajstić information content (AvgIpc) is 2.95. The minimum atomic E-state index is -3.96. The van der Waals surface area contributed by atoms with Gasteiger partial charge in [-0.3, -0.25) is 4.79 Å². The van der Waals surface area contributed by atoms with Crippen LogP contribution in [0.4, 0.5) is 17.5 Å². The Morgan fingerprint density at radius 1 is 0.976 bits per heavy atom. The minimum Gasteiger partial charge on any atom is -0.383 e. The van der Waals surface area contributed by atoms with Crippen LogP contribution in [0.1, 0.15) is 35.9 Å². The summed E-state index contributed by atoms with van der Waals surface area (Å²) in [6.45, 7) is 5.29. The van der Waals surface area contributed by atoms with Gasteiger partial charge in [0.2, 0.25) is 11.9 Å². The predicted molar refractivity (Wildman–Crippen MR) is 161 cm³/mol. The Morgan fingerprint density at radius 2 is 1.60 bits per heavy atom. The number of benzene rings is 2. The third-order valence-corrected chi connectivity index (χ3v) is 8.73. The van der Waals surface area contributed by atoms with Gasteiger partial charge in [0, 0.05) is 22.6 Å². The quantitative estimate of drug-likeness (QED) is 0.226. The standard InChI is InChI=1S/C29H26N8O3S2/c1-4-24(41-28-23(16-31)25(19-8-6-5-7-9-19)22(15-30)26(32)36-28)27(38)35-20-10-12-21(13-11-20)42(39,40)37-29-33-17(2)14-18(3)34-29/h5-14,24H,4H2,1-3H3,(H2,32,36)(H,35,38)(H,33,34,37). The van der Waals surface area contributed by atoms with Crippen LogP contribution in [-0.4, -0.2) is 34.5 Å². The molecular formula is C29H26N8O3S2. The summed E-state index contributed by atoms with van der Waals surface area (Å²) in [6.07, 6.45) is 0.385. The number of rotatable bonds is 9. The van der Waals surface area contributed by atoms with E-state index in [1.807, 2.05) is 19.1 Å². The van der Waals surface area contributed by atoms with Crippen LogP contribution in [0, 0.1) is 36.5 Å². The maximum absolute atomic E-state index is 13.2. The third-order valence-electron chi connectivity index (χ3n) is 6.04. The van der Waals surface area contributed by atoms with Crippen molar-refractivity contribution in [1.82, 2.24) is 15.0 Å². The number of nitrogens with zero attached hydrogens (tertiary/aromatic N) is 5. The minimum absolute atomic E-state index is 0.0306. The number of carbonyl (C=O) groups excluding carboxylic acids is 1. The molecular weight excluding hydrogens is 573 g/mol. The Kier molecular flexibility index (Phi) is 9.06. The van der Waals surface area contributed by atoms with E-state index < -0.39 is 15.3 Å². The first-order chi connectivity index (χ1) is 20.1. The SMILES string of the molecule is CCC(Sc1nc(N)c(C#N)c(-c2ccccc2)c1C#N)C(=O)Nc1ccc(S(=O)(=O)Nc2nc(C)cc(C)n2)cc1. The second-order valence-corrected chi connectivity index (χ2v) is 12.0. The number of nitriles is 2. The lowest BCUT2D eigenvalue weighted by atomic mass is 9.97. The van der Waals surface area contributed by atoms with Crippen LogP contribution < -0.4 is 15.8 Å². The molecule has 0 aliphatic heterocycles. The van der Waals surface area contributed by atoms with Crippen LogP contribution in [0.25, 0.3) is 11.1 Å². The van der Waals surface area contributed by atoms with Crippen molar-refractivity contribution < 1.29 is 13.2 Å². The molecule has 2 heterocycles. The predicted octanol–water partition coefficient (Wildman–Crippen LogP) is 4.79. The highest BCUT2D eigenvalue weighted by atomic mass is 32.2. The van der Waals surface area contributed by atoms with Gasteiger partial charge in [-0.15, -0.1) is 0 Å². The molecule has 4 aromatic rings. The van der Waals surface area contributed by atoms with Crippen LogP contribution in [0.3, 0.4) is 0 Å². The molecule has 0 aliphatic rings. The molecule has 0 radical (unpaired) electrons. The van der Waals surface area contributed by atoms with Gasteiger partial charge < -0.3 is 11.1 Å². The summed E-state index contributed by atoms with van der Waals surface area (Å²) in [6, 6.07) is 20.5. The number of carbonyl (C=O) groups is 1. The van der Waals surface area contributed by atoms with E-state index in [0.717, 1.165) is 11.8 Å². The fraction of sp³-hybridized carbons (Fsp3) is 0.172. The molecule has 42 heavy (non-hydrogen) atoms. The zero-order chi connectivity index (χ0) is 30.4. The second-order valence-electron chi connectivity index (χ2n) is 9.13. The van der Waals surface area contributed by atoms with Crippen LogP contribution in [-0.2, 0) is 14.8 Å². The normalized spacial score (nSPS) is 11.6. The topological polar surface area (TPSA) is 188 Å². The van der Waals surface area contributed by atoms with E-state index in [1.165, 1.54) is 24.3 Å². The molecule has 0 fully saturated rings. The molecule has 0 saturated carbocycles. The smallest absolute Gasteiger partial charge is 0.264 e. The Balaban J connectivity index is 1.54. The van der Waals surface area contributed by atoms with E-state index in [1.54, 1.807) is 44.2 Å². The summed E-state index contributed by atoms with van der Waals surface area (Å²) < 4.78 is 28.0. The van der Waals surface area contributed by atoms with Crippen molar-refractivity contribution in [3.63, 3.8) is 0 Å². The number of nitrogen functional groups attached to an aromatic ring is 1. The molecule has 4 N–H and O–H groups in total. The number of hydrogen-bond acceptors (Lipinski definition) is 10. The first-order valence-electron chi connectivity index (χ1n) is 12.7. The number of aromatic nitrogens is 3. The fourth-order valence-corrected chi connectivity index (χ4v) is 6.09. The molecule has 4 rings (SSSR count). The molecule has 0 spiro atoms. The number of nitrogens with one attached hydrogen (secondary N) is 2. The Hall–Kier alpha value is -4.98. The van der Waals surface area contributed by atoms with E-state index in [2.05, 4.69) is 31.1 Å². The molecule has 11 nitrogen and oxygen atoms in total. The van der Waals surface area contributed by atoms with Gasteiger partial charge in [-0.1, -0.05) is 49.0 Å². The van der Waals surface area contributed by atoms with Gasteiger partial charge in [0.05, 0.1) is 15.7 Å². The van der Waals surface area contributed by atoms with E-state index in [4.69, 9.17) is 5.73 Å². The summed E-state index contributed by atoms with van der Waals surface area (Å²) in [7, 11) is -3.96. The lowest BCUT2D eigenvalue weighted by Crippen LogP contribution is -2.25. The molecule has 2 aromatic carbocycles. The van der Waals surface area contributed by atoms with Crippen LogP contribution in [0.15, 0.2) is 70.6 Å². The number of anilines is 3. The number of sulfonamides is 1. The van der Waals surface area contributed by atoms with Crippen molar-refractivity contribution in [3.05, 3.63) is 83.2 Å². The number of nitrogens with two attached hydrogens (primary N) is 1. The van der Waals surface area contributed by atoms with Gasteiger partial charge in [0.25, 0.3) is 10.0 Å². The molecule has 13 heteroatoms. The highest BCUT2D eigenvalue weighted by Gasteiger charge is 2.26. The molecule has 1 unspecified atom stereocenters. The summed E-state index contributed by atoms with van der Waals surface area (Å²) >= 11 is 1.07. The number of hydrogen-bond donors (Lipinski definition) is 3. The van der Waals surface area contributed by atoms with E-state index >= 15 is 0 Å². The highest BCUT2D eigenvalue weighted by molar-refractivity contribution is 8.00. The van der Waals surface area contributed by atoms with E-state index in [9.17, 15) is 23.7 Å². The Labute approximate surface area is 247 Å². The van der Waals surface area contributed by atoms with Gasteiger partial charge in [-0.05, 0) is 56.2 Å². The molecule has 0 bridgehead atoms. The van der Waals surface area contributed by atoms with Crippen LogP contribution in [0.5, 0.6) is 0 Å². The van der Waals surface area contributed by atoms with Crippen LogP contribution in [0.2, 0.25) is 0 Å². The van der Waals surface area contributed by atoms with Gasteiger partial charge in [-0.2, -0.15) is 10.5 Å². The summed E-state index contributed by atoms with van der Waals surface area (Å²) in [4.78, 5) is 25.7. The first-order valence-corrected chi connectivity index (χ1v) is 15.0. The Morgan fingerprint density at radius 3 is 2.17 bits per heavy atom. The van der Waals surface area contributed by atoms with Gasteiger partial charge >= 0.3 is 0 Å². The zero-order valence-electron chi connectivity index (χ0n) is 22.9. The number of amides is 1. The fourth-order valence-electron chi connectivity index (χ4n) is 4.12. The Bertz CT molecular complexity index is 1810. The number of thioether (sulfide) groups is 1. The molecule has 0 saturated heterocycles. The van der Waals surface area contributed by atoms with Crippen molar-refractivity contribution in [2.75, 3.05) is 15.8 Å². The second kappa shape index (κ2) is 12.7. The van der Waals surface area contributed by atoms with Gasteiger partial charge in [0.1, 0.15) is 28.5 Å². The van der Waals surface area contributed by atoms with E-state index in [0.29, 0.717) is 34.6 Å². The maximum Gasteiger partial charge on any atom is 0.264 e. The van der Waals surface area contributed by atoms with Gasteiger partial charge in [-0.25, -0.2) is 28.1 Å². The summed E-state index contributed by atoms with van der Waals surface area (Å²) in [5.74, 6) is -0.448. The molecule has 1 amide bonds. The summed E-state index contributed by atoms with van der Waals surface area (Å²) in [5, 5.41) is 22.1. The lowest BCUT2D eigenvalue weighted by Gasteiger charge is -2.17. The molecule has 212 valence electrons. The largest absolute Gasteiger partial charge is 0.383 e. The van der Waals surface area contributed by atoms with Crippen molar-refractivity contribution in [2.24, 2.45) is 0 Å². The molecule has 0 aliphatic carbocycles. The lowest BCUT2D eigenvalue weighted by molar-refractivity contribution is -0.115. The zero-order valence-corrected chi connectivity index (χ0v) is 24.5. The van der Waals surface area contributed by atoms with Crippen LogP contribution >= 0.6 is 11.8 Å². The maximum atomic E-state index is 13.2. The average molecular weight is 599 g/mol. The summed E-state index contributed by atoms with van der Waals surface area (Å²) in [5.41, 5.74) is 8.96.